The number of amides is 1. The molecule has 4 aromatic rings. The van der Waals surface area contributed by atoms with Gasteiger partial charge in [-0.15, -0.1) is 0 Å². The number of pyridine rings is 1. The molecule has 8 heteroatoms. The molecule has 0 radical (unpaired) electrons. The van der Waals surface area contributed by atoms with Crippen LogP contribution in [0.4, 0.5) is 0 Å². The van der Waals surface area contributed by atoms with Gasteiger partial charge in [-0.1, -0.05) is 25.2 Å². The summed E-state index contributed by atoms with van der Waals surface area (Å²) in [5, 5.41) is 4.61. The van der Waals surface area contributed by atoms with Gasteiger partial charge in [0, 0.05) is 17.3 Å². The minimum absolute atomic E-state index is 0.234. The van der Waals surface area contributed by atoms with E-state index < -0.39 is 5.91 Å². The number of fused-ring (bicyclic) bond motifs is 2. The zero-order chi connectivity index (χ0) is 17.9. The van der Waals surface area contributed by atoms with E-state index in [4.69, 9.17) is 5.73 Å². The van der Waals surface area contributed by atoms with E-state index in [0.29, 0.717) is 5.01 Å². The van der Waals surface area contributed by atoms with Crippen molar-refractivity contribution < 1.29 is 4.79 Å². The molecule has 0 bridgehead atoms. The molecule has 0 fully saturated rings. The fourth-order valence-electron chi connectivity index (χ4n) is 3.22. The van der Waals surface area contributed by atoms with Gasteiger partial charge < -0.3 is 10.7 Å². The van der Waals surface area contributed by atoms with Crippen molar-refractivity contribution in [1.82, 2.24) is 24.6 Å². The maximum absolute atomic E-state index is 11.5. The molecule has 0 aromatic carbocycles. The van der Waals surface area contributed by atoms with Crippen LogP contribution in [0.25, 0.3) is 27.3 Å². The Morgan fingerprint density at radius 3 is 2.76 bits per heavy atom. The number of rotatable bonds is 3. The smallest absolute Gasteiger partial charge is 0.277 e. The number of nitrogens with two attached hydrogens (primary N) is 1. The van der Waals surface area contributed by atoms with Crippen molar-refractivity contribution in [2.24, 2.45) is 5.73 Å². The van der Waals surface area contributed by atoms with Crippen LogP contribution in [0, 0.1) is 13.8 Å². The lowest BCUT2D eigenvalue weighted by molar-refractivity contribution is 0.1000. The van der Waals surface area contributed by atoms with Gasteiger partial charge in [0.05, 0.1) is 5.69 Å². The van der Waals surface area contributed by atoms with Gasteiger partial charge in [0.15, 0.2) is 10.7 Å². The standard InChI is InChI=1S/C17H18N6OS/c1-7(2)11-12(21-16-13(11)22-17(25-16)14(18)24)10-5-23-15(19-6-20-23)9(4)8(10)3/h5-7,21H,1-4H3,(H2,18,24). The number of hydrogen-bond donors (Lipinski definition) is 2. The lowest BCUT2D eigenvalue weighted by Gasteiger charge is -2.13. The molecule has 0 aliphatic heterocycles. The number of aryl methyl sites for hydroxylation is 1. The zero-order valence-electron chi connectivity index (χ0n) is 14.4. The van der Waals surface area contributed by atoms with Gasteiger partial charge >= 0.3 is 0 Å². The molecule has 4 heterocycles. The van der Waals surface area contributed by atoms with Gasteiger partial charge in [-0.05, 0) is 30.9 Å². The molecule has 0 atom stereocenters. The Bertz CT molecular complexity index is 1130. The Hall–Kier alpha value is -2.74. The molecule has 1 amide bonds. The van der Waals surface area contributed by atoms with E-state index in [0.717, 1.165) is 43.9 Å². The summed E-state index contributed by atoms with van der Waals surface area (Å²) in [7, 11) is 0. The highest BCUT2D eigenvalue weighted by molar-refractivity contribution is 7.20. The lowest BCUT2D eigenvalue weighted by Crippen LogP contribution is -2.10. The van der Waals surface area contributed by atoms with E-state index in [1.807, 2.05) is 13.1 Å². The molecule has 3 N–H and O–H groups in total. The normalized spacial score (nSPS) is 11.9. The highest BCUT2D eigenvalue weighted by Crippen LogP contribution is 2.39. The molecule has 0 unspecified atom stereocenters. The highest BCUT2D eigenvalue weighted by atomic mass is 32.1. The molecule has 4 aromatic heterocycles. The van der Waals surface area contributed by atoms with Crippen LogP contribution in [0.5, 0.6) is 0 Å². The number of aromatic amines is 1. The molecule has 0 aliphatic carbocycles. The summed E-state index contributed by atoms with van der Waals surface area (Å²) in [5.74, 6) is -0.264. The summed E-state index contributed by atoms with van der Waals surface area (Å²) in [6, 6.07) is 0. The second kappa shape index (κ2) is 5.38. The maximum Gasteiger partial charge on any atom is 0.277 e. The first-order valence-electron chi connectivity index (χ1n) is 8.00. The van der Waals surface area contributed by atoms with Crippen molar-refractivity contribution in [2.75, 3.05) is 0 Å². The number of carbonyl (C=O) groups is 1. The number of thiazole rings is 1. The van der Waals surface area contributed by atoms with Crippen LogP contribution in [-0.2, 0) is 0 Å². The van der Waals surface area contributed by atoms with Crippen LogP contribution in [0.3, 0.4) is 0 Å². The van der Waals surface area contributed by atoms with E-state index in [-0.39, 0.29) is 5.92 Å². The molecule has 7 nitrogen and oxygen atoms in total. The van der Waals surface area contributed by atoms with E-state index in [9.17, 15) is 4.79 Å². The van der Waals surface area contributed by atoms with Crippen LogP contribution in [0.2, 0.25) is 0 Å². The van der Waals surface area contributed by atoms with E-state index in [1.54, 1.807) is 10.8 Å². The molecule has 25 heavy (non-hydrogen) atoms. The minimum atomic E-state index is -0.498. The largest absolute Gasteiger partial charge is 0.364 e. The number of carbonyl (C=O) groups excluding carboxylic acids is 1. The van der Waals surface area contributed by atoms with Crippen LogP contribution < -0.4 is 5.73 Å². The topological polar surface area (TPSA) is 102 Å². The molecular weight excluding hydrogens is 336 g/mol. The van der Waals surface area contributed by atoms with Crippen LogP contribution in [0.15, 0.2) is 12.5 Å². The second-order valence-electron chi connectivity index (χ2n) is 6.45. The highest BCUT2D eigenvalue weighted by Gasteiger charge is 2.23. The van der Waals surface area contributed by atoms with Crippen LogP contribution in [0.1, 0.15) is 46.3 Å². The number of H-pyrrole nitrogens is 1. The van der Waals surface area contributed by atoms with Crippen molar-refractivity contribution in [3.8, 4) is 11.3 Å². The van der Waals surface area contributed by atoms with Crippen molar-refractivity contribution in [2.45, 2.75) is 33.6 Å². The molecule has 128 valence electrons. The SMILES string of the molecule is Cc1c(-c2[nH]c3sc(C(N)=O)nc3c2C(C)C)cn2ncnc2c1C. The number of nitrogens with zero attached hydrogens (tertiary/aromatic N) is 4. The molecule has 0 spiro atoms. The van der Waals surface area contributed by atoms with Crippen molar-refractivity contribution in [1.29, 1.82) is 0 Å². The van der Waals surface area contributed by atoms with Gasteiger partial charge in [0.1, 0.15) is 16.7 Å². The first-order valence-corrected chi connectivity index (χ1v) is 8.82. The predicted octanol–water partition coefficient (Wildman–Crippen LogP) is 3.17. The van der Waals surface area contributed by atoms with Gasteiger partial charge in [-0.25, -0.2) is 14.5 Å². The van der Waals surface area contributed by atoms with Crippen molar-refractivity contribution in [3.63, 3.8) is 0 Å². The second-order valence-corrected chi connectivity index (χ2v) is 7.45. The zero-order valence-corrected chi connectivity index (χ0v) is 15.2. The number of hydrogen-bond acceptors (Lipinski definition) is 5. The quantitative estimate of drug-likeness (QED) is 0.590. The summed E-state index contributed by atoms with van der Waals surface area (Å²) >= 11 is 1.29. The van der Waals surface area contributed by atoms with Gasteiger partial charge in [-0.3, -0.25) is 4.79 Å². The van der Waals surface area contributed by atoms with Crippen LogP contribution >= 0.6 is 11.3 Å². The number of aromatic nitrogens is 5. The Labute approximate surface area is 147 Å². The lowest BCUT2D eigenvalue weighted by atomic mass is 9.96. The van der Waals surface area contributed by atoms with E-state index >= 15 is 0 Å². The number of primary amides is 1. The van der Waals surface area contributed by atoms with E-state index in [1.165, 1.54) is 11.3 Å². The summed E-state index contributed by atoms with van der Waals surface area (Å²) in [4.78, 5) is 24.5. The number of nitrogens with one attached hydrogen (secondary N) is 1. The Balaban J connectivity index is 2.04. The summed E-state index contributed by atoms with van der Waals surface area (Å²) < 4.78 is 1.79. The molecule has 4 rings (SSSR count). The van der Waals surface area contributed by atoms with Gasteiger partial charge in [-0.2, -0.15) is 5.10 Å². The third-order valence-corrected chi connectivity index (χ3v) is 5.56. The summed E-state index contributed by atoms with van der Waals surface area (Å²) in [5.41, 5.74) is 12.5. The fraction of sp³-hybridized carbons (Fsp3) is 0.294. The average molecular weight is 354 g/mol. The molecule has 0 aliphatic rings. The summed E-state index contributed by atoms with van der Waals surface area (Å²) in [6.07, 6.45) is 3.55. The first kappa shape index (κ1) is 15.8. The average Bonchev–Trinajstić information content (AvgIpc) is 3.22. The molecule has 0 saturated carbocycles. The Morgan fingerprint density at radius 2 is 2.08 bits per heavy atom. The van der Waals surface area contributed by atoms with Crippen LogP contribution in [-0.4, -0.2) is 30.5 Å². The van der Waals surface area contributed by atoms with Crippen molar-refractivity contribution >= 4 is 33.2 Å². The predicted molar refractivity (Wildman–Crippen MR) is 98.0 cm³/mol. The van der Waals surface area contributed by atoms with E-state index in [2.05, 4.69) is 40.8 Å². The molecular formula is C17H18N6OS. The first-order chi connectivity index (χ1) is 11.9. The monoisotopic (exact) mass is 354 g/mol. The minimum Gasteiger partial charge on any atom is -0.364 e. The Morgan fingerprint density at radius 1 is 1.32 bits per heavy atom. The Kier molecular flexibility index (Phi) is 3.40. The third-order valence-electron chi connectivity index (χ3n) is 4.57. The third kappa shape index (κ3) is 2.25. The maximum atomic E-state index is 11.5. The van der Waals surface area contributed by atoms with Crippen molar-refractivity contribution in [3.05, 3.63) is 34.2 Å². The van der Waals surface area contributed by atoms with Gasteiger partial charge in [0.25, 0.3) is 5.91 Å². The van der Waals surface area contributed by atoms with Gasteiger partial charge in [0.2, 0.25) is 0 Å². The summed E-state index contributed by atoms with van der Waals surface area (Å²) in [6.45, 7) is 8.37. The molecule has 0 saturated heterocycles. The fourth-order valence-corrected chi connectivity index (χ4v) is 4.06.